The van der Waals surface area contributed by atoms with Crippen molar-refractivity contribution in [3.8, 4) is 5.69 Å². The maximum absolute atomic E-state index is 12.8. The zero-order valence-electron chi connectivity index (χ0n) is 13.9. The summed E-state index contributed by atoms with van der Waals surface area (Å²) in [6.07, 6.45) is -0.0464. The first-order valence-corrected chi connectivity index (χ1v) is 8.25. The Morgan fingerprint density at radius 1 is 1.23 bits per heavy atom. The maximum atomic E-state index is 12.8. The lowest BCUT2D eigenvalue weighted by atomic mass is 10.1. The molecule has 3 aromatic rings. The molecule has 1 aromatic carbocycles. The van der Waals surface area contributed by atoms with Crippen molar-refractivity contribution in [2.75, 3.05) is 7.05 Å². The summed E-state index contributed by atoms with van der Waals surface area (Å²) < 4.78 is 40.2. The van der Waals surface area contributed by atoms with E-state index in [1.807, 2.05) is 16.8 Å². The zero-order chi connectivity index (χ0) is 18.5. The van der Waals surface area contributed by atoms with Crippen molar-refractivity contribution in [1.29, 1.82) is 0 Å². The van der Waals surface area contributed by atoms with Gasteiger partial charge in [-0.2, -0.15) is 13.2 Å². The molecule has 2 aromatic heterocycles. The minimum Gasteiger partial charge on any atom is -0.359 e. The van der Waals surface area contributed by atoms with Gasteiger partial charge in [-0.3, -0.25) is 9.78 Å². The molecule has 0 bridgehead atoms. The van der Waals surface area contributed by atoms with Gasteiger partial charge in [0.25, 0.3) is 0 Å². The van der Waals surface area contributed by atoms with E-state index in [-0.39, 0.29) is 17.7 Å². The summed E-state index contributed by atoms with van der Waals surface area (Å²) in [6, 6.07) is 8.70. The van der Waals surface area contributed by atoms with Crippen LogP contribution < -0.4 is 5.32 Å². The lowest BCUT2D eigenvalue weighted by molar-refractivity contribution is -0.137. The summed E-state index contributed by atoms with van der Waals surface area (Å²) in [5.41, 5.74) is 2.49. The van der Waals surface area contributed by atoms with Crippen molar-refractivity contribution < 1.29 is 18.0 Å². The van der Waals surface area contributed by atoms with E-state index in [0.717, 1.165) is 35.2 Å². The fraction of sp³-hybridized carbons (Fsp3) is 0.263. The number of pyridine rings is 1. The largest absolute Gasteiger partial charge is 0.416 e. The van der Waals surface area contributed by atoms with E-state index in [4.69, 9.17) is 0 Å². The van der Waals surface area contributed by atoms with Gasteiger partial charge in [0, 0.05) is 36.6 Å². The molecule has 134 valence electrons. The molecule has 4 nitrogen and oxygen atoms in total. The second kappa shape index (κ2) is 5.86. The van der Waals surface area contributed by atoms with E-state index in [2.05, 4.69) is 10.3 Å². The van der Waals surface area contributed by atoms with Gasteiger partial charge in [0.15, 0.2) is 0 Å². The number of amides is 1. The van der Waals surface area contributed by atoms with Crippen molar-refractivity contribution in [2.45, 2.75) is 18.5 Å². The first-order valence-electron chi connectivity index (χ1n) is 8.25. The summed E-state index contributed by atoms with van der Waals surface area (Å²) in [7, 11) is 1.61. The summed E-state index contributed by atoms with van der Waals surface area (Å²) in [5, 5.41) is 2.66. The smallest absolute Gasteiger partial charge is 0.359 e. The number of rotatable bonds is 3. The van der Waals surface area contributed by atoms with E-state index in [0.29, 0.717) is 5.69 Å². The molecule has 4 rings (SSSR count). The molecule has 1 saturated carbocycles. The maximum Gasteiger partial charge on any atom is 0.416 e. The normalized spacial score (nSPS) is 19.5. The van der Waals surface area contributed by atoms with E-state index in [9.17, 15) is 18.0 Å². The van der Waals surface area contributed by atoms with Crippen molar-refractivity contribution in [3.63, 3.8) is 0 Å². The fourth-order valence-corrected chi connectivity index (χ4v) is 3.39. The van der Waals surface area contributed by atoms with E-state index in [1.54, 1.807) is 19.3 Å². The first kappa shape index (κ1) is 16.6. The summed E-state index contributed by atoms with van der Waals surface area (Å²) >= 11 is 0. The first-order chi connectivity index (χ1) is 12.4. The number of halogens is 3. The lowest BCUT2D eigenvalue weighted by Crippen LogP contribution is -2.20. The number of carbonyl (C=O) groups excluding carboxylic acids is 1. The highest BCUT2D eigenvalue weighted by Gasteiger charge is 2.45. The molecule has 1 N–H and O–H groups in total. The van der Waals surface area contributed by atoms with Crippen LogP contribution in [-0.2, 0) is 11.0 Å². The van der Waals surface area contributed by atoms with E-state index < -0.39 is 11.7 Å². The van der Waals surface area contributed by atoms with Crippen LogP contribution in [0.5, 0.6) is 0 Å². The van der Waals surface area contributed by atoms with Crippen molar-refractivity contribution in [2.24, 2.45) is 5.92 Å². The third-order valence-corrected chi connectivity index (χ3v) is 4.83. The van der Waals surface area contributed by atoms with Gasteiger partial charge in [-0.25, -0.2) is 0 Å². The van der Waals surface area contributed by atoms with Crippen LogP contribution in [-0.4, -0.2) is 22.5 Å². The van der Waals surface area contributed by atoms with Crippen LogP contribution in [0.3, 0.4) is 0 Å². The Labute approximate surface area is 147 Å². The lowest BCUT2D eigenvalue weighted by Gasteiger charge is -2.09. The Morgan fingerprint density at radius 2 is 1.96 bits per heavy atom. The highest BCUT2D eigenvalue weighted by molar-refractivity contribution is 5.87. The van der Waals surface area contributed by atoms with Crippen molar-refractivity contribution in [1.82, 2.24) is 14.9 Å². The molecule has 0 spiro atoms. The minimum absolute atomic E-state index is 0.00126. The molecule has 0 aliphatic heterocycles. The Hall–Kier alpha value is -2.83. The molecule has 26 heavy (non-hydrogen) atoms. The molecule has 1 aliphatic rings. The second-order valence-electron chi connectivity index (χ2n) is 6.43. The van der Waals surface area contributed by atoms with Gasteiger partial charge in [0.05, 0.1) is 16.6 Å². The predicted octanol–water partition coefficient (Wildman–Crippen LogP) is 3.89. The summed E-state index contributed by atoms with van der Waals surface area (Å²) in [4.78, 5) is 16.3. The topological polar surface area (TPSA) is 46.9 Å². The SMILES string of the molecule is CNC(=O)[C@@H]1CC1c1cn(-c2ccc(C(F)(F)F)cc2)c2cccnc12. The van der Waals surface area contributed by atoms with Crippen LogP contribution in [0.15, 0.2) is 48.8 Å². The van der Waals surface area contributed by atoms with Crippen molar-refractivity contribution >= 4 is 16.9 Å². The number of hydrogen-bond acceptors (Lipinski definition) is 2. The Bertz CT molecular complexity index is 976. The van der Waals surface area contributed by atoms with Gasteiger partial charge in [0.2, 0.25) is 5.91 Å². The van der Waals surface area contributed by atoms with Crippen molar-refractivity contribution in [3.05, 3.63) is 59.9 Å². The molecule has 2 atom stereocenters. The van der Waals surface area contributed by atoms with E-state index >= 15 is 0 Å². The Balaban J connectivity index is 1.76. The predicted molar refractivity (Wildman–Crippen MR) is 91.0 cm³/mol. The number of hydrogen-bond donors (Lipinski definition) is 1. The molecule has 2 heterocycles. The third-order valence-electron chi connectivity index (χ3n) is 4.83. The number of carbonyl (C=O) groups is 1. The number of nitrogens with one attached hydrogen (secondary N) is 1. The standard InChI is InChI=1S/C19H16F3N3O/c1-23-18(26)14-9-13(14)15-10-25(16-3-2-8-24-17(15)16)12-6-4-11(5-7-12)19(20,21)22/h2-8,10,13-14H,9H2,1H3,(H,23,26)/t13?,14-/m1/s1. The summed E-state index contributed by atoms with van der Waals surface area (Å²) in [6.45, 7) is 0. The molecule has 1 unspecified atom stereocenters. The van der Waals surface area contributed by atoms with Gasteiger partial charge in [-0.15, -0.1) is 0 Å². The number of alkyl halides is 3. The molecule has 7 heteroatoms. The third kappa shape index (κ3) is 2.73. The summed E-state index contributed by atoms with van der Waals surface area (Å²) in [5.74, 6) is 0.0121. The molecule has 0 radical (unpaired) electrons. The number of benzene rings is 1. The molecule has 0 saturated heterocycles. The van der Waals surface area contributed by atoms with Gasteiger partial charge in [-0.05, 0) is 48.7 Å². The average molecular weight is 359 g/mol. The van der Waals surface area contributed by atoms with Crippen LogP contribution >= 0.6 is 0 Å². The van der Waals surface area contributed by atoms with Crippen LogP contribution in [0.4, 0.5) is 13.2 Å². The Morgan fingerprint density at radius 3 is 2.62 bits per heavy atom. The highest BCUT2D eigenvalue weighted by Crippen LogP contribution is 2.50. The quantitative estimate of drug-likeness (QED) is 0.771. The van der Waals surface area contributed by atoms with Crippen LogP contribution in [0.1, 0.15) is 23.5 Å². The van der Waals surface area contributed by atoms with Crippen LogP contribution in [0.2, 0.25) is 0 Å². The Kier molecular flexibility index (Phi) is 3.75. The second-order valence-corrected chi connectivity index (χ2v) is 6.43. The van der Waals surface area contributed by atoms with Gasteiger partial charge < -0.3 is 9.88 Å². The number of nitrogens with zero attached hydrogens (tertiary/aromatic N) is 2. The fourth-order valence-electron chi connectivity index (χ4n) is 3.39. The molecular weight excluding hydrogens is 343 g/mol. The molecule has 1 fully saturated rings. The number of fused-ring (bicyclic) bond motifs is 1. The zero-order valence-corrected chi connectivity index (χ0v) is 13.9. The average Bonchev–Trinajstić information content (AvgIpc) is 3.34. The van der Waals surface area contributed by atoms with Crippen LogP contribution in [0.25, 0.3) is 16.7 Å². The van der Waals surface area contributed by atoms with Crippen LogP contribution in [0, 0.1) is 5.92 Å². The highest BCUT2D eigenvalue weighted by atomic mass is 19.4. The van der Waals surface area contributed by atoms with Gasteiger partial charge in [-0.1, -0.05) is 0 Å². The minimum atomic E-state index is -4.36. The molecular formula is C19H16F3N3O. The van der Waals surface area contributed by atoms with Gasteiger partial charge >= 0.3 is 6.18 Å². The van der Waals surface area contributed by atoms with Gasteiger partial charge in [0.1, 0.15) is 0 Å². The molecule has 1 amide bonds. The van der Waals surface area contributed by atoms with E-state index in [1.165, 1.54) is 12.1 Å². The number of aromatic nitrogens is 2. The monoisotopic (exact) mass is 359 g/mol. The molecule has 1 aliphatic carbocycles.